The van der Waals surface area contributed by atoms with E-state index in [1.54, 1.807) is 26.0 Å². The van der Waals surface area contributed by atoms with Gasteiger partial charge >= 0.3 is 47.8 Å². The number of nitrogens with zero attached hydrogens (tertiary/aromatic N) is 16. The van der Waals surface area contributed by atoms with Crippen LogP contribution >= 0.6 is 0 Å². The van der Waals surface area contributed by atoms with Crippen molar-refractivity contribution in [1.29, 1.82) is 10.5 Å². The van der Waals surface area contributed by atoms with Crippen molar-refractivity contribution in [3.05, 3.63) is 249 Å². The number of aromatic nitrogens is 4. The Labute approximate surface area is 802 Å². The van der Waals surface area contributed by atoms with Gasteiger partial charge in [-0.05, 0) is 175 Å². The lowest BCUT2D eigenvalue weighted by atomic mass is 9.95. The first-order valence-corrected chi connectivity index (χ1v) is 43.4. The fourth-order valence-electron chi connectivity index (χ4n) is 14.9. The van der Waals surface area contributed by atoms with Crippen molar-refractivity contribution in [2.24, 2.45) is 40.9 Å². The number of carboxylic acids is 8. The number of nitriles is 2. The number of hydrogen-bond donors (Lipinski definition) is 16. The van der Waals surface area contributed by atoms with E-state index in [0.29, 0.717) is 34.8 Å². The number of aromatic hydroxyl groups is 4. The van der Waals surface area contributed by atoms with Crippen molar-refractivity contribution in [2.45, 2.75) is 170 Å². The van der Waals surface area contributed by atoms with Crippen LogP contribution in [-0.4, -0.2) is 164 Å². The average molecular weight is 1950 g/mol. The molecule has 48 nitrogen and oxygen atoms in total. The predicted octanol–water partition coefficient (Wildman–Crippen LogP) is 15.5. The van der Waals surface area contributed by atoms with E-state index in [9.17, 15) is 129 Å². The molecule has 4 heterocycles. The average Bonchev–Trinajstić information content (AvgIpc) is 0.767. The van der Waals surface area contributed by atoms with Gasteiger partial charge in [-0.2, -0.15) is 10.5 Å². The van der Waals surface area contributed by atoms with Crippen molar-refractivity contribution in [2.75, 3.05) is 13.1 Å². The largest absolute Gasteiger partial charge is 0.493 e. The number of pyridine rings is 4. The monoisotopic (exact) mass is 1950 g/mol. The third-order valence-corrected chi connectivity index (χ3v) is 22.5. The fraction of sp³-hybridized carbons (Fsp3) is 0.298. The molecule has 2 unspecified atom stereocenters. The summed E-state index contributed by atoms with van der Waals surface area (Å²) in [6.07, 6.45) is -1.86. The first kappa shape index (κ1) is 107. The van der Waals surface area contributed by atoms with E-state index in [1.165, 1.54) is 13.8 Å². The molecule has 142 heavy (non-hydrogen) atoms. The molecule has 734 valence electrons. The van der Waals surface area contributed by atoms with Crippen LogP contribution in [-0.2, 0) is 13.1 Å². The van der Waals surface area contributed by atoms with Gasteiger partial charge in [-0.15, -0.1) is 40.9 Å². The molecule has 0 fully saturated rings. The van der Waals surface area contributed by atoms with Gasteiger partial charge in [0.15, 0.2) is 11.4 Å². The molecule has 9 rings (SSSR count). The Balaban J connectivity index is 1.16. The third-order valence-electron chi connectivity index (χ3n) is 22.5. The Kier molecular flexibility index (Phi) is 36.1. The summed E-state index contributed by atoms with van der Waals surface area (Å²) in [7, 11) is 0. The van der Waals surface area contributed by atoms with Gasteiger partial charge < -0.3 is 82.5 Å². The maximum atomic E-state index is 15.9. The highest BCUT2D eigenvalue weighted by Gasteiger charge is 2.35. The van der Waals surface area contributed by atoms with E-state index in [4.69, 9.17) is 13.1 Å². The van der Waals surface area contributed by atoms with Crippen LogP contribution in [0.2, 0.25) is 0 Å². The van der Waals surface area contributed by atoms with Crippen LogP contribution in [0.5, 0.6) is 23.5 Å². The summed E-state index contributed by atoms with van der Waals surface area (Å²) in [5.41, 5.74) is -19.7. The van der Waals surface area contributed by atoms with E-state index in [2.05, 4.69) is 71.9 Å². The molecule has 4 aromatic heterocycles. The van der Waals surface area contributed by atoms with Gasteiger partial charge in [-0.3, -0.25) is 56.6 Å². The molecule has 0 aliphatic rings. The van der Waals surface area contributed by atoms with Gasteiger partial charge in [0.25, 0.3) is 57.2 Å². The molecule has 0 aliphatic carbocycles. The molecular weight excluding hydrogens is 1860 g/mol. The lowest BCUT2D eigenvalue weighted by Gasteiger charge is -2.26. The third kappa shape index (κ3) is 24.5. The van der Waals surface area contributed by atoms with Gasteiger partial charge in [0.2, 0.25) is 23.5 Å². The van der Waals surface area contributed by atoms with Crippen molar-refractivity contribution in [1.82, 2.24) is 39.5 Å². The zero-order valence-corrected chi connectivity index (χ0v) is 76.4. The number of nitrogens with one attached hydrogen (secondary N) is 4. The van der Waals surface area contributed by atoms with Gasteiger partial charge in [-0.1, -0.05) is 65.2 Å². The number of rotatable bonds is 46. The maximum absolute atomic E-state index is 15.9. The number of benzene rings is 5. The number of carboxylic acid groups (broad SMARTS) is 8. The quantitative estimate of drug-likeness (QED) is 0.00957. The Hall–Kier alpha value is -18.9. The van der Waals surface area contributed by atoms with E-state index >= 15 is 19.2 Å². The molecule has 5 aromatic carbocycles. The second-order valence-corrected chi connectivity index (χ2v) is 31.8. The number of carbonyl (C=O) groups is 12. The molecule has 0 saturated carbocycles. The van der Waals surface area contributed by atoms with Crippen LogP contribution < -0.4 is 43.5 Å². The normalized spacial score (nSPS) is 11.6. The molecule has 0 spiro atoms. The zero-order chi connectivity index (χ0) is 105. The maximum Gasteiger partial charge on any atom is 0.337 e. The summed E-state index contributed by atoms with van der Waals surface area (Å²) in [6, 6.07) is 16.1. The summed E-state index contributed by atoms with van der Waals surface area (Å²) >= 11 is 0. The van der Waals surface area contributed by atoms with E-state index in [-0.39, 0.29) is 137 Å². The summed E-state index contributed by atoms with van der Waals surface area (Å²) in [4.78, 5) is 224. The van der Waals surface area contributed by atoms with Crippen LogP contribution in [0, 0.1) is 63.5 Å². The molecule has 16 N–H and O–H groups in total. The van der Waals surface area contributed by atoms with Crippen LogP contribution in [0.4, 0.5) is 56.9 Å². The number of aromatic carboxylic acids is 8. The first-order chi connectivity index (χ1) is 67.5. The minimum atomic E-state index is -1.84. The molecule has 0 bridgehead atoms. The number of azo groups is 4. The fourth-order valence-corrected chi connectivity index (χ4v) is 14.9. The molecule has 2 atom stereocenters. The minimum Gasteiger partial charge on any atom is -0.493 e. The smallest absolute Gasteiger partial charge is 0.337 e. The lowest BCUT2D eigenvalue weighted by Crippen LogP contribution is -2.41. The highest BCUT2D eigenvalue weighted by Crippen LogP contribution is 2.42. The van der Waals surface area contributed by atoms with Crippen LogP contribution in [0.1, 0.15) is 287 Å². The molecule has 9 aromatic rings. The zero-order valence-electron chi connectivity index (χ0n) is 76.4. The predicted molar refractivity (Wildman–Crippen MR) is 498 cm³/mol. The van der Waals surface area contributed by atoms with Crippen molar-refractivity contribution >= 4 is 128 Å². The Morgan fingerprint density at radius 2 is 0.634 bits per heavy atom. The second-order valence-electron chi connectivity index (χ2n) is 31.8. The Morgan fingerprint density at radius 1 is 0.345 bits per heavy atom. The van der Waals surface area contributed by atoms with Crippen LogP contribution in [0.25, 0.3) is 9.69 Å². The topological polar surface area (TPSA) is 739 Å². The van der Waals surface area contributed by atoms with Gasteiger partial charge in [0, 0.05) is 37.3 Å². The van der Waals surface area contributed by atoms with Crippen molar-refractivity contribution < 1.29 is 119 Å². The number of hydrogen-bond acceptors (Lipinski definition) is 30. The molecule has 0 saturated heterocycles. The van der Waals surface area contributed by atoms with Crippen molar-refractivity contribution in [3.8, 4) is 35.7 Å². The van der Waals surface area contributed by atoms with Crippen molar-refractivity contribution in [3.63, 3.8) is 0 Å². The molecular formula is C94H90N20O28. The Morgan fingerprint density at radius 3 is 0.951 bits per heavy atom. The Bertz CT molecular complexity index is 6830. The number of unbranched alkanes of at least 4 members (excludes halogenated alkanes) is 10. The SMILES string of the molecule is [C-]#[N+]c1c(C)c(N=Nc2cc(C(=O)O)ccc2C(=O)O)c(O)n(CCCCCCNC(=O)c2cc(C(=O)NC(CCCCC)n3c(O)c(N=Nc4cc(C(=O)O)ccc4C(=O)O)c(C)c(C#N)c3=O)c(C(=O)NCCCCCCn3c(O)c(N=Nc4cc(C(=O)O)ccc4C(=O)O)c(C)c(C#N)c3=O)cc2C(=O)NC(CCCCC)n2c(O)c(N=Nc3cc(C(=O)O)ccc3C(=O)O)c(C)c([N+]#[C-])c2=O)c1=O. The van der Waals surface area contributed by atoms with Crippen LogP contribution in [0.15, 0.2) is 145 Å². The van der Waals surface area contributed by atoms with Crippen LogP contribution in [0.3, 0.4) is 0 Å². The van der Waals surface area contributed by atoms with Gasteiger partial charge in [0.05, 0.1) is 79.9 Å². The highest BCUT2D eigenvalue weighted by atomic mass is 16.4. The lowest BCUT2D eigenvalue weighted by molar-refractivity contribution is 0.0682. The highest BCUT2D eigenvalue weighted by molar-refractivity contribution is 6.14. The summed E-state index contributed by atoms with van der Waals surface area (Å²) < 4.78 is 2.61. The number of amides is 4. The number of carbonyl (C=O) groups excluding carboxylic acids is 4. The standard InChI is InChI=1S/C94H90N20O28/c1-9-11-17-23-67(113-80(120)62(44-96)46(4)72(85(113)125)108-104-64-38-50(88(129)130)26-30-54(64)92(137)138)101-77(117)59-41-58(76(116)100-34-20-14-16-22-36-112-81(121)69(97-7)47(5)73(83(112)123)109-105-65-39-51(89(131)132)27-31-55(65)93(139)140)60(78(118)102-68(24-18-12-10-2)114-84(124)70(98-8)48(6)74(86(114)126)110-106-66-40-52(90(133)134)28-32-56(66)94(141)142)42-57(59)75(115)99-33-19-13-15-21-35-111-79(119)61(43-95)45(3)71(82(111)122)107-103-63-37-49(87(127)128)25-29-53(63)91(135)136/h25-32,37-42,67-68,122-123,125-126H,9-24,33-36H2,1-6H3,(H,99,115)(H,100,116)(H,101,117)(H,102,118)(H,127,128)(H,129,130)(H,131,132)(H,133,134)(H,135,136)(H,137,138)(H,139,140)(H,141,142). The molecule has 4 amide bonds. The van der Waals surface area contributed by atoms with E-state index < -0.39 is 253 Å². The first-order valence-electron chi connectivity index (χ1n) is 43.4. The molecule has 0 radical (unpaired) electrons. The second kappa shape index (κ2) is 48.0. The minimum absolute atomic E-state index is 0.0210. The molecule has 48 heteroatoms. The summed E-state index contributed by atoms with van der Waals surface area (Å²) in [6.45, 7) is 23.0. The van der Waals surface area contributed by atoms with Gasteiger partial charge in [0.1, 0.15) is 69.7 Å². The van der Waals surface area contributed by atoms with Gasteiger partial charge in [-0.25, -0.2) is 48.0 Å². The summed E-state index contributed by atoms with van der Waals surface area (Å²) in [5.74, 6) is -21.4. The van der Waals surface area contributed by atoms with E-state index in [1.807, 2.05) is 0 Å². The summed E-state index contributed by atoms with van der Waals surface area (Å²) in [5, 5.41) is 189. The molecule has 0 aliphatic heterocycles. The van der Waals surface area contributed by atoms with E-state index in [0.717, 1.165) is 108 Å².